The Labute approximate surface area is 158 Å². The predicted octanol–water partition coefficient (Wildman–Crippen LogP) is 3.43. The number of aldehydes is 1. The summed E-state index contributed by atoms with van der Waals surface area (Å²) in [5.41, 5.74) is 9.97. The summed E-state index contributed by atoms with van der Waals surface area (Å²) in [6.45, 7) is 1.35. The zero-order chi connectivity index (χ0) is 18.6. The van der Waals surface area contributed by atoms with E-state index in [0.29, 0.717) is 18.9 Å². The molecule has 0 aliphatic carbocycles. The van der Waals surface area contributed by atoms with Gasteiger partial charge in [0.25, 0.3) is 0 Å². The minimum Gasteiger partial charge on any atom is -0.384 e. The molecule has 136 valence electrons. The van der Waals surface area contributed by atoms with Crippen LogP contribution in [0.15, 0.2) is 72.9 Å². The van der Waals surface area contributed by atoms with E-state index < -0.39 is 6.23 Å². The molecule has 2 N–H and O–H groups in total. The van der Waals surface area contributed by atoms with Crippen molar-refractivity contribution in [1.82, 2.24) is 9.88 Å². The molecule has 0 radical (unpaired) electrons. The van der Waals surface area contributed by atoms with E-state index in [1.165, 1.54) is 0 Å². The minimum absolute atomic E-state index is 0.0819. The summed E-state index contributed by atoms with van der Waals surface area (Å²) in [7, 11) is 0. The lowest BCUT2D eigenvalue weighted by Crippen LogP contribution is -2.30. The molecule has 1 aromatic heterocycles. The van der Waals surface area contributed by atoms with Crippen molar-refractivity contribution in [3.63, 3.8) is 0 Å². The zero-order valence-corrected chi connectivity index (χ0v) is 14.9. The summed E-state index contributed by atoms with van der Waals surface area (Å²) < 4.78 is 5.92. The number of nitrogen functional groups attached to an aromatic ring is 1. The molecule has 1 unspecified atom stereocenters. The van der Waals surface area contributed by atoms with Gasteiger partial charge in [-0.1, -0.05) is 54.6 Å². The molecule has 1 aliphatic heterocycles. The minimum atomic E-state index is -0.517. The van der Waals surface area contributed by atoms with Crippen molar-refractivity contribution in [3.05, 3.63) is 84.1 Å². The Morgan fingerprint density at radius 3 is 2.44 bits per heavy atom. The van der Waals surface area contributed by atoms with E-state index in [2.05, 4.69) is 34.1 Å². The Balaban J connectivity index is 1.46. The molecular weight excluding hydrogens is 338 g/mol. The van der Waals surface area contributed by atoms with Gasteiger partial charge in [-0.05, 0) is 28.8 Å². The highest BCUT2D eigenvalue weighted by molar-refractivity contribution is 5.63. The smallest absolute Gasteiger partial charge is 0.168 e. The topological polar surface area (TPSA) is 68.4 Å². The maximum absolute atomic E-state index is 11.5. The van der Waals surface area contributed by atoms with Crippen molar-refractivity contribution < 1.29 is 9.53 Å². The van der Waals surface area contributed by atoms with Crippen LogP contribution in [-0.4, -0.2) is 28.9 Å². The summed E-state index contributed by atoms with van der Waals surface area (Å²) in [6, 6.07) is 22.0. The van der Waals surface area contributed by atoms with E-state index in [0.717, 1.165) is 28.5 Å². The first-order valence-electron chi connectivity index (χ1n) is 8.93. The Morgan fingerprint density at radius 2 is 1.78 bits per heavy atom. The van der Waals surface area contributed by atoms with E-state index in [4.69, 9.17) is 10.5 Å². The van der Waals surface area contributed by atoms with Gasteiger partial charge in [0.15, 0.2) is 12.5 Å². The largest absolute Gasteiger partial charge is 0.384 e. The van der Waals surface area contributed by atoms with Crippen LogP contribution in [0.5, 0.6) is 0 Å². The molecule has 5 nitrogen and oxygen atoms in total. The molecule has 0 spiro atoms. The number of pyridine rings is 1. The van der Waals surface area contributed by atoms with Gasteiger partial charge in [0, 0.05) is 24.8 Å². The van der Waals surface area contributed by atoms with Crippen LogP contribution in [0.2, 0.25) is 0 Å². The standard InChI is InChI=1S/C22H21N3O2/c23-21-11-10-19(12-24-21)17-8-6-16(7-9-17)13-25-14-20(27-22(25)15-26)18-4-2-1-3-5-18/h1-12,15,20,22H,13-14H2,(H2,23,24)/t20-,22?/m0/s1. The van der Waals surface area contributed by atoms with E-state index in [-0.39, 0.29) is 6.10 Å². The lowest BCUT2D eigenvalue weighted by atomic mass is 10.1. The number of carbonyl (C=O) groups excluding carboxylic acids is 1. The normalized spacial score (nSPS) is 19.9. The van der Waals surface area contributed by atoms with Crippen LogP contribution in [0, 0.1) is 0 Å². The number of hydrogen-bond donors (Lipinski definition) is 1. The molecule has 0 amide bonds. The second-order valence-electron chi connectivity index (χ2n) is 6.66. The van der Waals surface area contributed by atoms with Crippen molar-refractivity contribution in [1.29, 1.82) is 0 Å². The summed E-state index contributed by atoms with van der Waals surface area (Å²) >= 11 is 0. The average Bonchev–Trinajstić information content (AvgIpc) is 3.13. The third kappa shape index (κ3) is 3.89. The Kier molecular flexibility index (Phi) is 4.96. The van der Waals surface area contributed by atoms with Gasteiger partial charge in [0.1, 0.15) is 5.82 Å². The molecule has 1 aliphatic rings. The molecule has 2 heterocycles. The molecule has 0 bridgehead atoms. The summed E-state index contributed by atoms with van der Waals surface area (Å²) in [4.78, 5) is 17.7. The lowest BCUT2D eigenvalue weighted by molar-refractivity contribution is -0.123. The quantitative estimate of drug-likeness (QED) is 0.707. The molecule has 2 atom stereocenters. The van der Waals surface area contributed by atoms with Gasteiger partial charge in [-0.3, -0.25) is 9.69 Å². The molecule has 2 aromatic carbocycles. The van der Waals surface area contributed by atoms with Gasteiger partial charge in [0.05, 0.1) is 6.10 Å². The van der Waals surface area contributed by atoms with Crippen LogP contribution in [-0.2, 0) is 16.1 Å². The number of hydrogen-bond acceptors (Lipinski definition) is 5. The van der Waals surface area contributed by atoms with Crippen LogP contribution < -0.4 is 5.73 Å². The van der Waals surface area contributed by atoms with Gasteiger partial charge < -0.3 is 10.5 Å². The molecule has 1 saturated heterocycles. The third-order valence-electron chi connectivity index (χ3n) is 4.81. The highest BCUT2D eigenvalue weighted by atomic mass is 16.5. The maximum atomic E-state index is 11.5. The van der Waals surface area contributed by atoms with Gasteiger partial charge in [-0.2, -0.15) is 0 Å². The summed E-state index contributed by atoms with van der Waals surface area (Å²) in [5.74, 6) is 0.511. The predicted molar refractivity (Wildman–Crippen MR) is 105 cm³/mol. The van der Waals surface area contributed by atoms with Crippen molar-refractivity contribution in [2.24, 2.45) is 0 Å². The van der Waals surface area contributed by atoms with Gasteiger partial charge >= 0.3 is 0 Å². The molecule has 27 heavy (non-hydrogen) atoms. The van der Waals surface area contributed by atoms with Gasteiger partial charge in [-0.25, -0.2) is 4.98 Å². The number of anilines is 1. The number of benzene rings is 2. The Bertz CT molecular complexity index is 895. The van der Waals surface area contributed by atoms with Crippen LogP contribution >= 0.6 is 0 Å². The fourth-order valence-corrected chi connectivity index (χ4v) is 3.35. The number of ether oxygens (including phenoxy) is 1. The SMILES string of the molecule is Nc1ccc(-c2ccc(CN3C[C@@H](c4ccccc4)OC3C=O)cc2)cn1. The second kappa shape index (κ2) is 7.70. The van der Waals surface area contributed by atoms with Gasteiger partial charge in [-0.15, -0.1) is 0 Å². The van der Waals surface area contributed by atoms with E-state index in [1.54, 1.807) is 12.3 Å². The van der Waals surface area contributed by atoms with E-state index in [1.807, 2.05) is 36.4 Å². The highest BCUT2D eigenvalue weighted by Gasteiger charge is 2.33. The van der Waals surface area contributed by atoms with Crippen molar-refractivity contribution in [3.8, 4) is 11.1 Å². The molecule has 0 saturated carbocycles. The highest BCUT2D eigenvalue weighted by Crippen LogP contribution is 2.29. The van der Waals surface area contributed by atoms with Crippen LogP contribution in [0.3, 0.4) is 0 Å². The van der Waals surface area contributed by atoms with Crippen LogP contribution in [0.4, 0.5) is 5.82 Å². The average molecular weight is 359 g/mol. The molecule has 1 fully saturated rings. The van der Waals surface area contributed by atoms with Crippen LogP contribution in [0.1, 0.15) is 17.2 Å². The summed E-state index contributed by atoms with van der Waals surface area (Å²) in [5, 5.41) is 0. The Hall–Kier alpha value is -3.02. The van der Waals surface area contributed by atoms with E-state index in [9.17, 15) is 4.79 Å². The number of aromatic nitrogens is 1. The molecular formula is C22H21N3O2. The number of nitrogens with zero attached hydrogens (tertiary/aromatic N) is 2. The fraction of sp³-hybridized carbons (Fsp3) is 0.182. The van der Waals surface area contributed by atoms with Crippen LogP contribution in [0.25, 0.3) is 11.1 Å². The molecule has 3 aromatic rings. The Morgan fingerprint density at radius 1 is 1.04 bits per heavy atom. The first-order valence-corrected chi connectivity index (χ1v) is 8.93. The van der Waals surface area contributed by atoms with Crippen molar-refractivity contribution in [2.75, 3.05) is 12.3 Å². The van der Waals surface area contributed by atoms with Gasteiger partial charge in [0.2, 0.25) is 0 Å². The first kappa shape index (κ1) is 17.4. The van der Waals surface area contributed by atoms with Crippen molar-refractivity contribution >= 4 is 12.1 Å². The van der Waals surface area contributed by atoms with E-state index >= 15 is 0 Å². The maximum Gasteiger partial charge on any atom is 0.168 e. The number of nitrogens with two attached hydrogens (primary N) is 1. The molecule has 5 heteroatoms. The zero-order valence-electron chi connectivity index (χ0n) is 14.9. The summed E-state index contributed by atoms with van der Waals surface area (Å²) in [6.07, 6.45) is 2.04. The molecule has 4 rings (SSSR count). The fourth-order valence-electron chi connectivity index (χ4n) is 3.35. The monoisotopic (exact) mass is 359 g/mol. The van der Waals surface area contributed by atoms with Crippen molar-refractivity contribution in [2.45, 2.75) is 18.9 Å². The first-order chi connectivity index (χ1) is 13.2. The number of rotatable bonds is 5. The third-order valence-corrected chi connectivity index (χ3v) is 4.81. The lowest BCUT2D eigenvalue weighted by Gasteiger charge is -2.18. The number of carbonyl (C=O) groups is 1. The second-order valence-corrected chi connectivity index (χ2v) is 6.66.